The third kappa shape index (κ3) is 4.87. The molecule has 0 heterocycles. The third-order valence-electron chi connectivity index (χ3n) is 2.45. The number of rotatable bonds is 7. The highest BCUT2D eigenvalue weighted by atomic mass is 16.5. The number of benzene rings is 1. The number of amides is 1. The summed E-state index contributed by atoms with van der Waals surface area (Å²) in [5.41, 5.74) is 5.78. The maximum Gasteiger partial charge on any atom is 0.339 e. The number of hydrogen-bond donors (Lipinski definition) is 3. The van der Waals surface area contributed by atoms with Crippen LogP contribution in [0.3, 0.4) is 0 Å². The summed E-state index contributed by atoms with van der Waals surface area (Å²) in [4.78, 5) is 22.4. The van der Waals surface area contributed by atoms with Gasteiger partial charge in [0.15, 0.2) is 6.61 Å². The molecule has 0 aliphatic carbocycles. The molecule has 0 unspecified atom stereocenters. The van der Waals surface area contributed by atoms with Crippen LogP contribution in [0.25, 0.3) is 0 Å². The molecule has 0 radical (unpaired) electrons. The lowest BCUT2D eigenvalue weighted by Gasteiger charge is -2.10. The van der Waals surface area contributed by atoms with Crippen molar-refractivity contribution in [2.75, 3.05) is 18.9 Å². The maximum absolute atomic E-state index is 11.4. The molecule has 1 amide bonds. The molecule has 0 atom stereocenters. The lowest BCUT2D eigenvalue weighted by atomic mass is 10.2. The molecule has 6 nitrogen and oxygen atoms in total. The largest absolute Gasteiger partial charge is 0.483 e. The van der Waals surface area contributed by atoms with E-state index in [4.69, 9.17) is 15.6 Å². The predicted octanol–water partition coefficient (Wildman–Crippen LogP) is 1.26. The second-order valence-corrected chi connectivity index (χ2v) is 4.05. The van der Waals surface area contributed by atoms with Gasteiger partial charge >= 0.3 is 5.97 Å². The summed E-state index contributed by atoms with van der Waals surface area (Å²) < 4.78 is 5.20. The number of carbonyl (C=O) groups is 2. The van der Waals surface area contributed by atoms with Gasteiger partial charge in [-0.3, -0.25) is 4.79 Å². The Hall–Kier alpha value is -2.24. The van der Waals surface area contributed by atoms with E-state index in [1.807, 2.05) is 6.92 Å². The maximum atomic E-state index is 11.4. The van der Waals surface area contributed by atoms with E-state index in [2.05, 4.69) is 5.32 Å². The quantitative estimate of drug-likeness (QED) is 0.509. The molecular weight excluding hydrogens is 248 g/mol. The Bertz CT molecular complexity index is 460. The standard InChI is InChI=1S/C13H18N2O4/c1-2-3-6-15-12(16)8-19-11-5-4-9(14)7-10(11)13(17)18/h4-5,7H,2-3,6,8,14H2,1H3,(H,15,16)(H,17,18). The third-order valence-corrected chi connectivity index (χ3v) is 2.45. The Morgan fingerprint density at radius 1 is 1.42 bits per heavy atom. The Labute approximate surface area is 111 Å². The van der Waals surface area contributed by atoms with Crippen LogP contribution in [0.1, 0.15) is 30.1 Å². The molecule has 19 heavy (non-hydrogen) atoms. The van der Waals surface area contributed by atoms with Gasteiger partial charge in [0.05, 0.1) is 0 Å². The summed E-state index contributed by atoms with van der Waals surface area (Å²) >= 11 is 0. The van der Waals surface area contributed by atoms with Crippen molar-refractivity contribution in [2.24, 2.45) is 0 Å². The van der Waals surface area contributed by atoms with E-state index in [1.54, 1.807) is 0 Å². The number of nitrogen functional groups attached to an aromatic ring is 1. The van der Waals surface area contributed by atoms with Crippen molar-refractivity contribution in [3.63, 3.8) is 0 Å². The molecule has 0 aliphatic heterocycles. The molecule has 0 spiro atoms. The average molecular weight is 266 g/mol. The highest BCUT2D eigenvalue weighted by molar-refractivity contribution is 5.92. The highest BCUT2D eigenvalue weighted by Crippen LogP contribution is 2.21. The summed E-state index contributed by atoms with van der Waals surface area (Å²) in [5.74, 6) is -1.29. The number of unbranched alkanes of at least 4 members (excludes halogenated alkanes) is 1. The Kier molecular flexibility index (Phi) is 5.66. The van der Waals surface area contributed by atoms with Crippen LogP contribution in [-0.4, -0.2) is 30.1 Å². The fourth-order valence-electron chi connectivity index (χ4n) is 1.44. The minimum Gasteiger partial charge on any atom is -0.483 e. The van der Waals surface area contributed by atoms with Crippen LogP contribution in [0.15, 0.2) is 18.2 Å². The first-order valence-corrected chi connectivity index (χ1v) is 6.07. The Morgan fingerprint density at radius 2 is 2.16 bits per heavy atom. The summed E-state index contributed by atoms with van der Waals surface area (Å²) in [6.07, 6.45) is 1.89. The van der Waals surface area contributed by atoms with Crippen LogP contribution >= 0.6 is 0 Å². The number of carboxylic acids is 1. The van der Waals surface area contributed by atoms with Crippen LogP contribution in [-0.2, 0) is 4.79 Å². The van der Waals surface area contributed by atoms with E-state index in [0.29, 0.717) is 12.2 Å². The van der Waals surface area contributed by atoms with Crippen LogP contribution < -0.4 is 15.8 Å². The van der Waals surface area contributed by atoms with Gasteiger partial charge in [-0.05, 0) is 24.6 Å². The molecule has 1 aromatic rings. The first-order chi connectivity index (χ1) is 9.04. The zero-order chi connectivity index (χ0) is 14.3. The molecule has 0 aliphatic rings. The minimum absolute atomic E-state index is 0.0543. The van der Waals surface area contributed by atoms with E-state index in [-0.39, 0.29) is 23.8 Å². The molecule has 0 bridgehead atoms. The van der Waals surface area contributed by atoms with Crippen molar-refractivity contribution in [1.82, 2.24) is 5.32 Å². The lowest BCUT2D eigenvalue weighted by molar-refractivity contribution is -0.123. The van der Waals surface area contributed by atoms with Gasteiger partial charge in [0, 0.05) is 12.2 Å². The number of aromatic carboxylic acids is 1. The lowest BCUT2D eigenvalue weighted by Crippen LogP contribution is -2.29. The fourth-order valence-corrected chi connectivity index (χ4v) is 1.44. The molecule has 0 saturated carbocycles. The monoisotopic (exact) mass is 266 g/mol. The number of nitrogens with one attached hydrogen (secondary N) is 1. The van der Waals surface area contributed by atoms with Crippen molar-refractivity contribution < 1.29 is 19.4 Å². The molecular formula is C13H18N2O4. The van der Waals surface area contributed by atoms with Gasteiger partial charge in [-0.15, -0.1) is 0 Å². The molecule has 1 rings (SSSR count). The van der Waals surface area contributed by atoms with Gasteiger partial charge in [0.25, 0.3) is 5.91 Å². The summed E-state index contributed by atoms with van der Waals surface area (Å²) in [5, 5.41) is 11.7. The second-order valence-electron chi connectivity index (χ2n) is 4.05. The van der Waals surface area contributed by atoms with Crippen molar-refractivity contribution >= 4 is 17.6 Å². The van der Waals surface area contributed by atoms with E-state index < -0.39 is 5.97 Å². The van der Waals surface area contributed by atoms with Crippen LogP contribution in [0.4, 0.5) is 5.69 Å². The van der Waals surface area contributed by atoms with Crippen LogP contribution in [0.5, 0.6) is 5.75 Å². The predicted molar refractivity (Wildman–Crippen MR) is 71.2 cm³/mol. The van der Waals surface area contributed by atoms with Crippen LogP contribution in [0.2, 0.25) is 0 Å². The number of carbonyl (C=O) groups excluding carboxylic acids is 1. The highest BCUT2D eigenvalue weighted by Gasteiger charge is 2.12. The average Bonchev–Trinajstić information content (AvgIpc) is 2.37. The molecule has 1 aromatic carbocycles. The molecule has 0 aromatic heterocycles. The summed E-state index contributed by atoms with van der Waals surface area (Å²) in [6, 6.07) is 4.27. The number of hydrogen-bond acceptors (Lipinski definition) is 4. The molecule has 0 fully saturated rings. The van der Waals surface area contributed by atoms with E-state index >= 15 is 0 Å². The zero-order valence-corrected chi connectivity index (χ0v) is 10.8. The Morgan fingerprint density at radius 3 is 2.79 bits per heavy atom. The number of anilines is 1. The van der Waals surface area contributed by atoms with E-state index in [1.165, 1.54) is 18.2 Å². The summed E-state index contributed by atoms with van der Waals surface area (Å²) in [6.45, 7) is 2.40. The zero-order valence-electron chi connectivity index (χ0n) is 10.8. The normalized spacial score (nSPS) is 9.95. The SMILES string of the molecule is CCCCNC(=O)COc1ccc(N)cc1C(=O)O. The van der Waals surface area contributed by atoms with Crippen LogP contribution in [0, 0.1) is 0 Å². The van der Waals surface area contributed by atoms with Crippen molar-refractivity contribution in [3.05, 3.63) is 23.8 Å². The fraction of sp³-hybridized carbons (Fsp3) is 0.385. The molecule has 0 saturated heterocycles. The Balaban J connectivity index is 2.57. The van der Waals surface area contributed by atoms with Crippen molar-refractivity contribution in [3.8, 4) is 5.75 Å². The second kappa shape index (κ2) is 7.25. The molecule has 6 heteroatoms. The first-order valence-electron chi connectivity index (χ1n) is 6.07. The van der Waals surface area contributed by atoms with Gasteiger partial charge in [-0.1, -0.05) is 13.3 Å². The van der Waals surface area contributed by atoms with Gasteiger partial charge < -0.3 is 20.9 Å². The van der Waals surface area contributed by atoms with Gasteiger partial charge in [0.1, 0.15) is 11.3 Å². The number of carboxylic acid groups (broad SMARTS) is 1. The molecule has 104 valence electrons. The summed E-state index contributed by atoms with van der Waals surface area (Å²) in [7, 11) is 0. The number of nitrogens with two attached hydrogens (primary N) is 1. The number of ether oxygens (including phenoxy) is 1. The van der Waals surface area contributed by atoms with Crippen molar-refractivity contribution in [2.45, 2.75) is 19.8 Å². The first kappa shape index (κ1) is 14.8. The molecule has 4 N–H and O–H groups in total. The smallest absolute Gasteiger partial charge is 0.339 e. The minimum atomic E-state index is -1.14. The van der Waals surface area contributed by atoms with Gasteiger partial charge in [-0.2, -0.15) is 0 Å². The van der Waals surface area contributed by atoms with Gasteiger partial charge in [-0.25, -0.2) is 4.79 Å². The van der Waals surface area contributed by atoms with E-state index in [9.17, 15) is 9.59 Å². The topological polar surface area (TPSA) is 102 Å². The van der Waals surface area contributed by atoms with Crippen molar-refractivity contribution in [1.29, 1.82) is 0 Å². The van der Waals surface area contributed by atoms with Gasteiger partial charge in [0.2, 0.25) is 0 Å². The van der Waals surface area contributed by atoms with E-state index in [0.717, 1.165) is 12.8 Å².